The van der Waals surface area contributed by atoms with Gasteiger partial charge < -0.3 is 14.8 Å². The second-order valence-corrected chi connectivity index (χ2v) is 6.64. The number of aryl methyl sites for hydroxylation is 1. The van der Waals surface area contributed by atoms with Crippen LogP contribution in [0.2, 0.25) is 0 Å². The zero-order valence-electron chi connectivity index (χ0n) is 14.0. The van der Waals surface area contributed by atoms with E-state index in [1.165, 1.54) is 0 Å². The lowest BCUT2D eigenvalue weighted by molar-refractivity contribution is -0.146. The number of nitrogens with zero attached hydrogens (tertiary/aromatic N) is 1. The number of carbonyl (C=O) groups is 2. The minimum Gasteiger partial charge on any atom is -0.480 e. The molecule has 1 aliphatic rings. The van der Waals surface area contributed by atoms with Crippen LogP contribution in [0, 0.1) is 12.8 Å². The number of hydrogen-bond donors (Lipinski definition) is 2. The molecular formula is C18H22N2O4. The molecule has 6 heteroatoms. The number of rotatable bonds is 4. The van der Waals surface area contributed by atoms with Crippen LogP contribution in [-0.2, 0) is 4.79 Å². The lowest BCUT2D eigenvalue weighted by Gasteiger charge is -2.36. The van der Waals surface area contributed by atoms with Crippen molar-refractivity contribution in [1.29, 1.82) is 0 Å². The van der Waals surface area contributed by atoms with Crippen LogP contribution in [0.15, 0.2) is 22.6 Å². The van der Waals surface area contributed by atoms with E-state index in [9.17, 15) is 14.7 Å². The van der Waals surface area contributed by atoms with Gasteiger partial charge in [0.1, 0.15) is 11.1 Å². The van der Waals surface area contributed by atoms with Gasteiger partial charge in [-0.25, -0.2) is 9.78 Å². The van der Waals surface area contributed by atoms with E-state index in [1.54, 1.807) is 18.2 Å². The quantitative estimate of drug-likeness (QED) is 0.897. The number of hydrogen-bond acceptors (Lipinski definition) is 4. The van der Waals surface area contributed by atoms with Gasteiger partial charge in [-0.05, 0) is 50.7 Å². The average molecular weight is 330 g/mol. The molecule has 2 aromatic heterocycles. The first-order chi connectivity index (χ1) is 11.4. The Morgan fingerprint density at radius 2 is 2.08 bits per heavy atom. The first-order valence-electron chi connectivity index (χ1n) is 8.36. The predicted molar refractivity (Wildman–Crippen MR) is 88.8 cm³/mol. The third-order valence-electron chi connectivity index (χ3n) is 5.03. The summed E-state index contributed by atoms with van der Waals surface area (Å²) in [7, 11) is 0. The van der Waals surface area contributed by atoms with Crippen molar-refractivity contribution < 1.29 is 19.1 Å². The normalized spacial score (nSPS) is 24.0. The van der Waals surface area contributed by atoms with E-state index in [0.29, 0.717) is 29.9 Å². The maximum atomic E-state index is 12.5. The van der Waals surface area contributed by atoms with E-state index in [4.69, 9.17) is 4.42 Å². The molecular weight excluding hydrogens is 308 g/mol. The second-order valence-electron chi connectivity index (χ2n) is 6.64. The monoisotopic (exact) mass is 330 g/mol. The Morgan fingerprint density at radius 3 is 2.71 bits per heavy atom. The molecule has 1 fully saturated rings. The lowest BCUT2D eigenvalue weighted by Crippen LogP contribution is -2.56. The molecule has 24 heavy (non-hydrogen) atoms. The number of aliphatic carboxylic acids is 1. The van der Waals surface area contributed by atoms with Gasteiger partial charge in [0.25, 0.3) is 5.91 Å². The van der Waals surface area contributed by atoms with Crippen LogP contribution >= 0.6 is 0 Å². The minimum atomic E-state index is -1.20. The molecule has 2 aromatic rings. The van der Waals surface area contributed by atoms with Crippen LogP contribution in [0.4, 0.5) is 0 Å². The van der Waals surface area contributed by atoms with Crippen molar-refractivity contribution in [2.24, 2.45) is 5.92 Å². The highest BCUT2D eigenvalue weighted by atomic mass is 16.4. The molecule has 0 saturated heterocycles. The van der Waals surface area contributed by atoms with Crippen molar-refractivity contribution in [2.45, 2.75) is 51.5 Å². The number of carbonyl (C=O) groups excluding carboxylic acids is 1. The van der Waals surface area contributed by atoms with E-state index in [1.807, 2.05) is 6.92 Å². The molecule has 1 saturated carbocycles. The minimum absolute atomic E-state index is 0.0985. The standard InChI is InChI=1S/C18H22N2O4/c1-3-12-6-8-18(9-7-12,17(22)23)20-16(21)15-10-13-14(24-15)5-4-11(2)19-13/h4-5,10,12H,3,6-9H2,1-2H3,(H,20,21)(H,22,23). The van der Waals surface area contributed by atoms with Crippen LogP contribution in [-0.4, -0.2) is 27.5 Å². The summed E-state index contributed by atoms with van der Waals surface area (Å²) in [5.41, 5.74) is 0.740. The Balaban J connectivity index is 1.81. The first-order valence-corrected chi connectivity index (χ1v) is 8.36. The van der Waals surface area contributed by atoms with E-state index in [2.05, 4.69) is 17.2 Å². The molecule has 0 spiro atoms. The maximum Gasteiger partial charge on any atom is 0.329 e. The Kier molecular flexibility index (Phi) is 4.30. The molecule has 6 nitrogen and oxygen atoms in total. The lowest BCUT2D eigenvalue weighted by atomic mass is 9.75. The van der Waals surface area contributed by atoms with Crippen molar-refractivity contribution in [3.05, 3.63) is 29.7 Å². The number of carboxylic acid groups (broad SMARTS) is 1. The molecule has 0 aliphatic heterocycles. The zero-order valence-corrected chi connectivity index (χ0v) is 14.0. The zero-order chi connectivity index (χ0) is 17.3. The maximum absolute atomic E-state index is 12.5. The van der Waals surface area contributed by atoms with Crippen LogP contribution in [0.25, 0.3) is 11.1 Å². The van der Waals surface area contributed by atoms with E-state index in [-0.39, 0.29) is 5.76 Å². The van der Waals surface area contributed by atoms with E-state index in [0.717, 1.165) is 25.0 Å². The van der Waals surface area contributed by atoms with Gasteiger partial charge in [-0.3, -0.25) is 4.79 Å². The summed E-state index contributed by atoms with van der Waals surface area (Å²) < 4.78 is 5.53. The van der Waals surface area contributed by atoms with Crippen molar-refractivity contribution >= 4 is 23.0 Å². The van der Waals surface area contributed by atoms with Crippen molar-refractivity contribution in [3.63, 3.8) is 0 Å². The fourth-order valence-corrected chi connectivity index (χ4v) is 3.39. The molecule has 2 N–H and O–H groups in total. The van der Waals surface area contributed by atoms with Gasteiger partial charge in [-0.15, -0.1) is 0 Å². The summed E-state index contributed by atoms with van der Waals surface area (Å²) in [5, 5.41) is 12.4. The van der Waals surface area contributed by atoms with Gasteiger partial charge >= 0.3 is 5.97 Å². The number of aromatic nitrogens is 1. The summed E-state index contributed by atoms with van der Waals surface area (Å²) in [6, 6.07) is 5.12. The van der Waals surface area contributed by atoms with Crippen LogP contribution in [0.1, 0.15) is 55.3 Å². The van der Waals surface area contributed by atoms with E-state index < -0.39 is 17.4 Å². The van der Waals surface area contributed by atoms with Gasteiger partial charge in [0.05, 0.1) is 0 Å². The van der Waals surface area contributed by atoms with Gasteiger partial charge in [0.15, 0.2) is 11.3 Å². The third kappa shape index (κ3) is 3.00. The van der Waals surface area contributed by atoms with E-state index >= 15 is 0 Å². The van der Waals surface area contributed by atoms with Gasteiger partial charge in [-0.1, -0.05) is 13.3 Å². The molecule has 0 radical (unpaired) electrons. The molecule has 1 aliphatic carbocycles. The Bertz CT molecular complexity index is 772. The number of pyridine rings is 1. The molecule has 0 aromatic carbocycles. The smallest absolute Gasteiger partial charge is 0.329 e. The molecule has 2 heterocycles. The van der Waals surface area contributed by atoms with Crippen LogP contribution in [0.3, 0.4) is 0 Å². The topological polar surface area (TPSA) is 92.4 Å². The second kappa shape index (κ2) is 6.26. The van der Waals surface area contributed by atoms with Crippen molar-refractivity contribution in [3.8, 4) is 0 Å². The SMILES string of the molecule is CCC1CCC(NC(=O)c2cc3nc(C)ccc3o2)(C(=O)O)CC1. The highest BCUT2D eigenvalue weighted by Crippen LogP contribution is 2.34. The molecule has 128 valence electrons. The molecule has 0 atom stereocenters. The Hall–Kier alpha value is -2.37. The average Bonchev–Trinajstić information content (AvgIpc) is 2.98. The fraction of sp³-hybridized carbons (Fsp3) is 0.500. The van der Waals surface area contributed by atoms with Gasteiger partial charge in [0.2, 0.25) is 0 Å². The molecule has 1 amide bonds. The van der Waals surface area contributed by atoms with Crippen molar-refractivity contribution in [2.75, 3.05) is 0 Å². The predicted octanol–water partition coefficient (Wildman–Crippen LogP) is 3.29. The highest BCUT2D eigenvalue weighted by Gasteiger charge is 2.43. The van der Waals surface area contributed by atoms with Crippen molar-refractivity contribution in [1.82, 2.24) is 10.3 Å². The molecule has 3 rings (SSSR count). The van der Waals surface area contributed by atoms with Gasteiger partial charge in [0, 0.05) is 11.8 Å². The fourth-order valence-electron chi connectivity index (χ4n) is 3.39. The summed E-state index contributed by atoms with van der Waals surface area (Å²) in [4.78, 5) is 28.6. The van der Waals surface area contributed by atoms with Gasteiger partial charge in [-0.2, -0.15) is 0 Å². The first kappa shape index (κ1) is 16.5. The van der Waals surface area contributed by atoms with Crippen LogP contribution in [0.5, 0.6) is 0 Å². The number of furan rings is 1. The summed E-state index contributed by atoms with van der Waals surface area (Å²) >= 11 is 0. The Labute approximate surface area is 140 Å². The number of nitrogens with one attached hydrogen (secondary N) is 1. The molecule has 0 bridgehead atoms. The number of carboxylic acids is 1. The third-order valence-corrected chi connectivity index (χ3v) is 5.03. The largest absolute Gasteiger partial charge is 0.480 e. The summed E-state index contributed by atoms with van der Waals surface area (Å²) in [6.07, 6.45) is 3.56. The number of amides is 1. The molecule has 0 unspecified atom stereocenters. The number of fused-ring (bicyclic) bond motifs is 1. The van der Waals surface area contributed by atoms with Crippen LogP contribution < -0.4 is 5.32 Å². The summed E-state index contributed by atoms with van der Waals surface area (Å²) in [5.74, 6) is -0.840. The summed E-state index contributed by atoms with van der Waals surface area (Å²) in [6.45, 7) is 3.97. The Morgan fingerprint density at radius 1 is 1.38 bits per heavy atom. The highest BCUT2D eigenvalue weighted by molar-refractivity contribution is 5.98.